The van der Waals surface area contributed by atoms with E-state index in [1.807, 2.05) is 41.8 Å². The number of nitrogens with zero attached hydrogens (tertiary/aromatic N) is 5. The Labute approximate surface area is 185 Å². The predicted molar refractivity (Wildman–Crippen MR) is 116 cm³/mol. The number of carbonyl (C=O) groups excluding carboxylic acids is 1. The SMILES string of the molecule is CC(Oc1ccc(F)cc1)c1nnc(SCC(=O)Nc2nncs2)n1-c1ccccc1. The fourth-order valence-electron chi connectivity index (χ4n) is 2.74. The lowest BCUT2D eigenvalue weighted by Crippen LogP contribution is -2.15. The van der Waals surface area contributed by atoms with Gasteiger partial charge in [-0.2, -0.15) is 0 Å². The van der Waals surface area contributed by atoms with Gasteiger partial charge in [-0.3, -0.25) is 14.7 Å². The third kappa shape index (κ3) is 5.25. The van der Waals surface area contributed by atoms with Gasteiger partial charge in [0.1, 0.15) is 17.1 Å². The van der Waals surface area contributed by atoms with Crippen LogP contribution in [0.25, 0.3) is 5.69 Å². The van der Waals surface area contributed by atoms with Gasteiger partial charge < -0.3 is 4.74 Å². The normalized spacial score (nSPS) is 11.8. The van der Waals surface area contributed by atoms with Gasteiger partial charge in [-0.1, -0.05) is 41.3 Å². The van der Waals surface area contributed by atoms with Gasteiger partial charge in [0.2, 0.25) is 11.0 Å². The summed E-state index contributed by atoms with van der Waals surface area (Å²) in [7, 11) is 0. The monoisotopic (exact) mass is 456 g/mol. The number of anilines is 1. The first-order valence-electron chi connectivity index (χ1n) is 9.22. The number of hydrogen-bond acceptors (Lipinski definition) is 8. The molecule has 0 bridgehead atoms. The second kappa shape index (κ2) is 9.67. The molecule has 0 radical (unpaired) electrons. The number of thioether (sulfide) groups is 1. The first kappa shape index (κ1) is 20.9. The number of nitrogens with one attached hydrogen (secondary N) is 1. The molecule has 2 heterocycles. The van der Waals surface area contributed by atoms with Gasteiger partial charge in [-0.25, -0.2) is 4.39 Å². The number of halogens is 1. The fraction of sp³-hybridized carbons (Fsp3) is 0.150. The molecule has 0 spiro atoms. The molecule has 11 heteroatoms. The van der Waals surface area contributed by atoms with Gasteiger partial charge >= 0.3 is 0 Å². The minimum atomic E-state index is -0.470. The molecule has 0 fully saturated rings. The third-order valence-corrected chi connectivity index (χ3v) is 5.64. The van der Waals surface area contributed by atoms with E-state index < -0.39 is 6.10 Å². The molecule has 0 saturated carbocycles. The van der Waals surface area contributed by atoms with E-state index in [0.717, 1.165) is 5.69 Å². The van der Waals surface area contributed by atoms with Crippen LogP contribution in [0, 0.1) is 5.82 Å². The van der Waals surface area contributed by atoms with Crippen LogP contribution in [0.5, 0.6) is 5.75 Å². The van der Waals surface area contributed by atoms with E-state index in [1.54, 1.807) is 17.6 Å². The maximum absolute atomic E-state index is 13.2. The first-order valence-corrected chi connectivity index (χ1v) is 11.1. The summed E-state index contributed by atoms with van der Waals surface area (Å²) in [5.41, 5.74) is 2.38. The van der Waals surface area contributed by atoms with Gasteiger partial charge in [0.05, 0.1) is 5.75 Å². The summed E-state index contributed by atoms with van der Waals surface area (Å²) in [5.74, 6) is 0.641. The number of amides is 1. The van der Waals surface area contributed by atoms with Crippen molar-refractivity contribution < 1.29 is 13.9 Å². The summed E-state index contributed by atoms with van der Waals surface area (Å²) in [4.78, 5) is 12.2. The summed E-state index contributed by atoms with van der Waals surface area (Å²) in [6.07, 6.45) is -0.470. The van der Waals surface area contributed by atoms with Crippen molar-refractivity contribution in [2.24, 2.45) is 0 Å². The van der Waals surface area contributed by atoms with Crippen molar-refractivity contribution in [2.75, 3.05) is 11.1 Å². The Morgan fingerprint density at radius 3 is 2.65 bits per heavy atom. The van der Waals surface area contributed by atoms with E-state index in [4.69, 9.17) is 4.74 Å². The summed E-state index contributed by atoms with van der Waals surface area (Å²) in [6.45, 7) is 1.84. The highest BCUT2D eigenvalue weighted by Crippen LogP contribution is 2.28. The average molecular weight is 457 g/mol. The van der Waals surface area contributed by atoms with Crippen molar-refractivity contribution in [2.45, 2.75) is 18.2 Å². The quantitative estimate of drug-likeness (QED) is 0.398. The Hall–Kier alpha value is -3.31. The van der Waals surface area contributed by atoms with Crippen molar-refractivity contribution in [3.63, 3.8) is 0 Å². The van der Waals surface area contributed by atoms with Crippen LogP contribution in [0.2, 0.25) is 0 Å². The Balaban J connectivity index is 1.55. The van der Waals surface area contributed by atoms with Crippen LogP contribution in [0.3, 0.4) is 0 Å². The Morgan fingerprint density at radius 1 is 1.16 bits per heavy atom. The molecule has 2 aromatic heterocycles. The van der Waals surface area contributed by atoms with Crippen molar-refractivity contribution in [1.82, 2.24) is 25.0 Å². The largest absolute Gasteiger partial charge is 0.483 e. The summed E-state index contributed by atoms with van der Waals surface area (Å²) < 4.78 is 21.0. The highest BCUT2D eigenvalue weighted by atomic mass is 32.2. The molecule has 0 aliphatic rings. The fourth-order valence-corrected chi connectivity index (χ4v) is 3.96. The molecular weight excluding hydrogens is 439 g/mol. The van der Waals surface area contributed by atoms with Crippen LogP contribution in [-0.4, -0.2) is 36.6 Å². The smallest absolute Gasteiger partial charge is 0.236 e. The standard InChI is InChI=1S/C20H17FN6O2S2/c1-13(29-16-9-7-14(21)8-10-16)18-24-26-20(27(18)15-5-3-2-4-6-15)30-11-17(28)23-19-25-22-12-31-19/h2-10,12-13H,11H2,1H3,(H,23,25,28). The summed E-state index contributed by atoms with van der Waals surface area (Å²) >= 11 is 2.49. The van der Waals surface area contributed by atoms with Crippen LogP contribution in [-0.2, 0) is 4.79 Å². The Kier molecular flexibility index (Phi) is 6.53. The average Bonchev–Trinajstić information content (AvgIpc) is 3.44. The van der Waals surface area contributed by atoms with Gasteiger partial charge in [0.15, 0.2) is 17.1 Å². The molecule has 1 unspecified atom stereocenters. The van der Waals surface area contributed by atoms with E-state index in [0.29, 0.717) is 21.9 Å². The van der Waals surface area contributed by atoms with Crippen LogP contribution in [0.1, 0.15) is 18.9 Å². The molecule has 158 valence electrons. The molecule has 0 aliphatic heterocycles. The molecular formula is C20H17FN6O2S2. The lowest BCUT2D eigenvalue weighted by molar-refractivity contribution is -0.113. The third-order valence-electron chi connectivity index (χ3n) is 4.10. The molecule has 8 nitrogen and oxygen atoms in total. The van der Waals surface area contributed by atoms with Gasteiger partial charge in [0, 0.05) is 5.69 Å². The minimum absolute atomic E-state index is 0.123. The first-order chi connectivity index (χ1) is 15.1. The van der Waals surface area contributed by atoms with Crippen molar-refractivity contribution in [1.29, 1.82) is 0 Å². The predicted octanol–water partition coefficient (Wildman–Crippen LogP) is 4.13. The van der Waals surface area contributed by atoms with Crippen molar-refractivity contribution in [3.05, 3.63) is 71.7 Å². The zero-order chi connectivity index (χ0) is 21.6. The second-order valence-corrected chi connectivity index (χ2v) is 8.08. The number of ether oxygens (including phenoxy) is 1. The van der Waals surface area contributed by atoms with E-state index in [1.165, 1.54) is 35.2 Å². The van der Waals surface area contributed by atoms with Crippen LogP contribution >= 0.6 is 23.1 Å². The van der Waals surface area contributed by atoms with Gasteiger partial charge in [-0.15, -0.1) is 20.4 Å². The Bertz CT molecular complexity index is 1140. The molecule has 4 rings (SSSR count). The molecule has 0 aliphatic carbocycles. The molecule has 1 amide bonds. The minimum Gasteiger partial charge on any atom is -0.483 e. The number of carbonyl (C=O) groups is 1. The number of aromatic nitrogens is 5. The van der Waals surface area contributed by atoms with Crippen LogP contribution in [0.15, 0.2) is 65.3 Å². The van der Waals surface area contributed by atoms with Crippen molar-refractivity contribution in [3.8, 4) is 11.4 Å². The zero-order valence-electron chi connectivity index (χ0n) is 16.3. The number of hydrogen-bond donors (Lipinski definition) is 1. The number of para-hydroxylation sites is 1. The maximum atomic E-state index is 13.2. The van der Waals surface area contributed by atoms with Crippen LogP contribution < -0.4 is 10.1 Å². The van der Waals surface area contributed by atoms with E-state index in [-0.39, 0.29) is 17.5 Å². The number of benzene rings is 2. The molecule has 4 aromatic rings. The maximum Gasteiger partial charge on any atom is 0.236 e. The molecule has 1 atom stereocenters. The Morgan fingerprint density at radius 2 is 1.94 bits per heavy atom. The lowest BCUT2D eigenvalue weighted by Gasteiger charge is -2.16. The second-order valence-electron chi connectivity index (χ2n) is 6.31. The van der Waals surface area contributed by atoms with E-state index in [2.05, 4.69) is 25.7 Å². The highest BCUT2D eigenvalue weighted by Gasteiger charge is 2.21. The van der Waals surface area contributed by atoms with Crippen molar-refractivity contribution >= 4 is 34.1 Å². The van der Waals surface area contributed by atoms with E-state index in [9.17, 15) is 9.18 Å². The number of rotatable bonds is 8. The van der Waals surface area contributed by atoms with Gasteiger partial charge in [0.25, 0.3) is 0 Å². The highest BCUT2D eigenvalue weighted by molar-refractivity contribution is 7.99. The van der Waals surface area contributed by atoms with Crippen LogP contribution in [0.4, 0.5) is 9.52 Å². The summed E-state index contributed by atoms with van der Waals surface area (Å²) in [6, 6.07) is 15.3. The topological polar surface area (TPSA) is 94.8 Å². The molecule has 1 N–H and O–H groups in total. The molecule has 2 aromatic carbocycles. The van der Waals surface area contributed by atoms with Gasteiger partial charge in [-0.05, 0) is 43.3 Å². The molecule has 31 heavy (non-hydrogen) atoms. The van der Waals surface area contributed by atoms with E-state index >= 15 is 0 Å². The molecule has 0 saturated heterocycles. The lowest BCUT2D eigenvalue weighted by atomic mass is 10.3. The summed E-state index contributed by atoms with van der Waals surface area (Å²) in [5, 5.41) is 19.7. The zero-order valence-corrected chi connectivity index (χ0v) is 17.9.